The number of ether oxygens (including phenoxy) is 2. The van der Waals surface area contributed by atoms with Crippen LogP contribution >= 0.6 is 0 Å². The summed E-state index contributed by atoms with van der Waals surface area (Å²) in [5, 5.41) is 2.83. The van der Waals surface area contributed by atoms with Gasteiger partial charge in [-0.05, 0) is 49.7 Å². The zero-order valence-corrected chi connectivity index (χ0v) is 17.5. The van der Waals surface area contributed by atoms with Crippen molar-refractivity contribution < 1.29 is 22.7 Å². The normalized spacial score (nSPS) is 12.2. The van der Waals surface area contributed by atoms with E-state index in [0.717, 1.165) is 21.7 Å². The van der Waals surface area contributed by atoms with E-state index < -0.39 is 22.0 Å². The van der Waals surface area contributed by atoms with Crippen molar-refractivity contribution in [1.82, 2.24) is 5.32 Å². The maximum Gasteiger partial charge on any atom is 0.241 e. The standard InChI is InChI=1S/C20H26N2O5S/c1-14-7-6-8-16(11-14)22(28(5,24)25)13-20(23)21-15(2)18-12-17(26-3)9-10-19(18)27-4/h6-12,15H,13H2,1-5H3,(H,21,23). The number of carbonyl (C=O) groups is 1. The molecule has 0 heterocycles. The van der Waals surface area contributed by atoms with Crippen molar-refractivity contribution in [3.63, 3.8) is 0 Å². The molecule has 0 saturated carbocycles. The number of benzene rings is 2. The molecule has 2 aromatic carbocycles. The van der Waals surface area contributed by atoms with Crippen LogP contribution < -0.4 is 19.1 Å². The molecule has 0 spiro atoms. The second-order valence-electron chi connectivity index (χ2n) is 6.51. The molecule has 0 fully saturated rings. The first-order chi connectivity index (χ1) is 13.2. The van der Waals surface area contributed by atoms with Crippen LogP contribution in [0.3, 0.4) is 0 Å². The minimum absolute atomic E-state index is 0.321. The largest absolute Gasteiger partial charge is 0.497 e. The molecule has 0 aliphatic heterocycles. The monoisotopic (exact) mass is 406 g/mol. The van der Waals surface area contributed by atoms with Gasteiger partial charge in [0, 0.05) is 5.56 Å². The van der Waals surface area contributed by atoms with Crippen molar-refractivity contribution in [1.29, 1.82) is 0 Å². The number of nitrogens with zero attached hydrogens (tertiary/aromatic N) is 1. The number of hydrogen-bond acceptors (Lipinski definition) is 5. The highest BCUT2D eigenvalue weighted by molar-refractivity contribution is 7.92. The van der Waals surface area contributed by atoms with Gasteiger partial charge in [-0.1, -0.05) is 12.1 Å². The second-order valence-corrected chi connectivity index (χ2v) is 8.41. The van der Waals surface area contributed by atoms with E-state index in [0.29, 0.717) is 17.2 Å². The van der Waals surface area contributed by atoms with Gasteiger partial charge in [0.25, 0.3) is 0 Å². The van der Waals surface area contributed by atoms with E-state index >= 15 is 0 Å². The van der Waals surface area contributed by atoms with Crippen LogP contribution in [0.5, 0.6) is 11.5 Å². The number of nitrogens with one attached hydrogen (secondary N) is 1. The Hall–Kier alpha value is -2.74. The van der Waals surface area contributed by atoms with Gasteiger partial charge < -0.3 is 14.8 Å². The highest BCUT2D eigenvalue weighted by Crippen LogP contribution is 2.29. The quantitative estimate of drug-likeness (QED) is 0.729. The molecule has 152 valence electrons. The molecule has 1 unspecified atom stereocenters. The number of aryl methyl sites for hydroxylation is 1. The van der Waals surface area contributed by atoms with Crippen LogP contribution in [-0.4, -0.2) is 41.3 Å². The van der Waals surface area contributed by atoms with Crippen LogP contribution in [0, 0.1) is 6.92 Å². The van der Waals surface area contributed by atoms with Crippen LogP contribution in [0.4, 0.5) is 5.69 Å². The zero-order valence-electron chi connectivity index (χ0n) is 16.7. The lowest BCUT2D eigenvalue weighted by Gasteiger charge is -2.24. The van der Waals surface area contributed by atoms with Crippen LogP contribution in [0.2, 0.25) is 0 Å². The van der Waals surface area contributed by atoms with Crippen LogP contribution in [-0.2, 0) is 14.8 Å². The average Bonchev–Trinajstić information content (AvgIpc) is 2.64. The lowest BCUT2D eigenvalue weighted by Crippen LogP contribution is -2.41. The zero-order chi connectivity index (χ0) is 20.9. The van der Waals surface area contributed by atoms with Crippen molar-refractivity contribution in [3.05, 3.63) is 53.6 Å². The minimum atomic E-state index is -3.63. The van der Waals surface area contributed by atoms with Crippen molar-refractivity contribution in [2.75, 3.05) is 31.3 Å². The number of sulfonamides is 1. The first-order valence-electron chi connectivity index (χ1n) is 8.71. The van der Waals surface area contributed by atoms with Crippen molar-refractivity contribution in [3.8, 4) is 11.5 Å². The van der Waals surface area contributed by atoms with Gasteiger partial charge in [-0.2, -0.15) is 0 Å². The molecule has 0 aliphatic rings. The second kappa shape index (κ2) is 8.97. The Kier molecular flexibility index (Phi) is 6.90. The van der Waals surface area contributed by atoms with Gasteiger partial charge in [0.15, 0.2) is 0 Å². The lowest BCUT2D eigenvalue weighted by atomic mass is 10.1. The van der Waals surface area contributed by atoms with Crippen LogP contribution in [0.25, 0.3) is 0 Å². The molecular formula is C20H26N2O5S. The molecule has 0 bridgehead atoms. The van der Waals surface area contributed by atoms with Crippen LogP contribution in [0.1, 0.15) is 24.1 Å². The van der Waals surface area contributed by atoms with Gasteiger partial charge in [-0.3, -0.25) is 9.10 Å². The van der Waals surface area contributed by atoms with Gasteiger partial charge in [0.2, 0.25) is 15.9 Å². The van der Waals surface area contributed by atoms with Gasteiger partial charge in [-0.25, -0.2) is 8.42 Å². The molecular weight excluding hydrogens is 380 g/mol. The maximum absolute atomic E-state index is 12.6. The Morgan fingerprint density at radius 1 is 1.14 bits per heavy atom. The highest BCUT2D eigenvalue weighted by Gasteiger charge is 2.23. The van der Waals surface area contributed by atoms with Gasteiger partial charge >= 0.3 is 0 Å². The van der Waals surface area contributed by atoms with Crippen molar-refractivity contribution in [2.24, 2.45) is 0 Å². The molecule has 28 heavy (non-hydrogen) atoms. The minimum Gasteiger partial charge on any atom is -0.497 e. The molecule has 1 amide bonds. The van der Waals surface area contributed by atoms with E-state index in [2.05, 4.69) is 5.32 Å². The molecule has 2 aromatic rings. The van der Waals surface area contributed by atoms with E-state index in [1.54, 1.807) is 57.5 Å². The highest BCUT2D eigenvalue weighted by atomic mass is 32.2. The number of methoxy groups -OCH3 is 2. The molecule has 0 saturated heterocycles. The van der Waals surface area contributed by atoms with E-state index in [9.17, 15) is 13.2 Å². The molecule has 8 heteroatoms. The summed E-state index contributed by atoms with van der Waals surface area (Å²) in [4.78, 5) is 12.6. The molecule has 0 radical (unpaired) electrons. The third-order valence-electron chi connectivity index (χ3n) is 4.26. The van der Waals surface area contributed by atoms with Gasteiger partial charge in [0.1, 0.15) is 18.0 Å². The summed E-state index contributed by atoms with van der Waals surface area (Å²) in [6, 6.07) is 11.9. The van der Waals surface area contributed by atoms with Crippen molar-refractivity contribution >= 4 is 21.6 Å². The Balaban J connectivity index is 2.21. The first kappa shape index (κ1) is 21.6. The predicted octanol–water partition coefficient (Wildman–Crippen LogP) is 2.66. The SMILES string of the molecule is COc1ccc(OC)c(C(C)NC(=O)CN(c2cccc(C)c2)S(C)(=O)=O)c1. The fourth-order valence-electron chi connectivity index (χ4n) is 2.86. The van der Waals surface area contributed by atoms with E-state index in [1.807, 2.05) is 13.0 Å². The molecule has 1 N–H and O–H groups in total. The van der Waals surface area contributed by atoms with Crippen LogP contribution in [0.15, 0.2) is 42.5 Å². The number of hydrogen-bond donors (Lipinski definition) is 1. The Morgan fingerprint density at radius 2 is 1.86 bits per heavy atom. The molecule has 0 aromatic heterocycles. The summed E-state index contributed by atoms with van der Waals surface area (Å²) in [7, 11) is -0.525. The number of carbonyl (C=O) groups excluding carboxylic acids is 1. The summed E-state index contributed by atoms with van der Waals surface area (Å²) in [5.41, 5.74) is 2.09. The number of amides is 1. The lowest BCUT2D eigenvalue weighted by molar-refractivity contribution is -0.120. The summed E-state index contributed by atoms with van der Waals surface area (Å²) in [6.07, 6.45) is 1.08. The van der Waals surface area contributed by atoms with Crippen molar-refractivity contribution in [2.45, 2.75) is 19.9 Å². The Bertz CT molecular complexity index is 943. The molecule has 0 aliphatic carbocycles. The predicted molar refractivity (Wildman–Crippen MR) is 109 cm³/mol. The summed E-state index contributed by atoms with van der Waals surface area (Å²) >= 11 is 0. The van der Waals surface area contributed by atoms with E-state index in [4.69, 9.17) is 9.47 Å². The summed E-state index contributed by atoms with van der Waals surface area (Å²) in [6.45, 7) is 3.34. The summed E-state index contributed by atoms with van der Waals surface area (Å²) < 4.78 is 36.1. The fourth-order valence-corrected chi connectivity index (χ4v) is 3.70. The Morgan fingerprint density at radius 3 is 2.43 bits per heavy atom. The first-order valence-corrected chi connectivity index (χ1v) is 10.6. The Labute approximate surface area is 166 Å². The molecule has 2 rings (SSSR count). The van der Waals surface area contributed by atoms with E-state index in [-0.39, 0.29) is 6.54 Å². The smallest absolute Gasteiger partial charge is 0.241 e. The van der Waals surface area contributed by atoms with Gasteiger partial charge in [-0.15, -0.1) is 0 Å². The molecule has 7 nitrogen and oxygen atoms in total. The number of rotatable bonds is 8. The van der Waals surface area contributed by atoms with Gasteiger partial charge in [0.05, 0.1) is 32.2 Å². The molecule has 1 atom stereocenters. The summed E-state index contributed by atoms with van der Waals surface area (Å²) in [5.74, 6) is 0.811. The maximum atomic E-state index is 12.6. The topological polar surface area (TPSA) is 84.9 Å². The number of anilines is 1. The fraction of sp³-hybridized carbons (Fsp3) is 0.350. The third kappa shape index (κ3) is 5.39. The third-order valence-corrected chi connectivity index (χ3v) is 5.40. The average molecular weight is 407 g/mol. The van der Waals surface area contributed by atoms with E-state index in [1.165, 1.54) is 0 Å².